The fourth-order valence-corrected chi connectivity index (χ4v) is 4.17. The van der Waals surface area contributed by atoms with Crippen LogP contribution in [0.5, 0.6) is 0 Å². The number of thioether (sulfide) groups is 1. The fraction of sp³-hybridized carbons (Fsp3) is 0.389. The van der Waals surface area contributed by atoms with Crippen molar-refractivity contribution in [3.8, 4) is 0 Å². The van der Waals surface area contributed by atoms with Crippen LogP contribution in [0.15, 0.2) is 29.2 Å². The normalized spacial score (nSPS) is 20.5. The molecule has 0 aromatic heterocycles. The minimum Gasteiger partial charge on any atom is -0.335 e. The van der Waals surface area contributed by atoms with Gasteiger partial charge in [-0.25, -0.2) is 9.40 Å². The number of halogens is 1. The second kappa shape index (κ2) is 8.92. The van der Waals surface area contributed by atoms with Crippen LogP contribution in [-0.2, 0) is 9.59 Å². The number of hydrogen-bond donors (Lipinski definition) is 2. The Labute approximate surface area is 167 Å². The summed E-state index contributed by atoms with van der Waals surface area (Å²) in [7, 11) is 2.13. The molecule has 144 valence electrons. The molecule has 0 spiro atoms. The number of nitrogens with zero attached hydrogens (tertiary/aromatic N) is 2. The summed E-state index contributed by atoms with van der Waals surface area (Å²) < 4.78 is 14.2. The van der Waals surface area contributed by atoms with Crippen LogP contribution in [0.4, 0.5) is 4.39 Å². The van der Waals surface area contributed by atoms with E-state index in [4.69, 9.17) is 12.2 Å². The molecule has 0 radical (unpaired) electrons. The van der Waals surface area contributed by atoms with Crippen molar-refractivity contribution in [1.29, 1.82) is 0 Å². The van der Waals surface area contributed by atoms with E-state index >= 15 is 0 Å². The van der Waals surface area contributed by atoms with Gasteiger partial charge in [-0.2, -0.15) is 0 Å². The van der Waals surface area contributed by atoms with Crippen molar-refractivity contribution < 1.29 is 18.9 Å². The molecule has 0 unspecified atom stereocenters. The van der Waals surface area contributed by atoms with E-state index < -0.39 is 5.82 Å². The summed E-state index contributed by atoms with van der Waals surface area (Å²) in [5.41, 5.74) is 3.22. The van der Waals surface area contributed by atoms with Gasteiger partial charge in [0.25, 0.3) is 5.91 Å². The molecule has 0 aliphatic carbocycles. The Balaban J connectivity index is 1.55. The Kier molecular flexibility index (Phi) is 6.59. The zero-order valence-electron chi connectivity index (χ0n) is 15.0. The predicted octanol–water partition coefficient (Wildman–Crippen LogP) is 0.279. The van der Waals surface area contributed by atoms with Crippen LogP contribution in [-0.4, -0.2) is 65.8 Å². The third-order valence-corrected chi connectivity index (χ3v) is 5.91. The molecule has 2 aliphatic heterocycles. The number of carbonyl (C=O) groups excluding carboxylic acids is 2. The summed E-state index contributed by atoms with van der Waals surface area (Å²) in [6, 6.07) is 6.25. The average Bonchev–Trinajstić information content (AvgIpc) is 2.90. The minimum absolute atomic E-state index is 0.137. The highest BCUT2D eigenvalue weighted by atomic mass is 32.2. The summed E-state index contributed by atoms with van der Waals surface area (Å²) in [5.74, 6) is -0.818. The maximum absolute atomic E-state index is 13.8. The summed E-state index contributed by atoms with van der Waals surface area (Å²) in [6.07, 6.45) is 1.67. The van der Waals surface area contributed by atoms with Gasteiger partial charge in [0.1, 0.15) is 10.1 Å². The van der Waals surface area contributed by atoms with Gasteiger partial charge >= 0.3 is 0 Å². The summed E-state index contributed by atoms with van der Waals surface area (Å²) in [6.45, 7) is 3.80. The number of amides is 2. The molecule has 6 nitrogen and oxygen atoms in total. The molecule has 2 fully saturated rings. The van der Waals surface area contributed by atoms with Gasteiger partial charge in [0.05, 0.1) is 38.1 Å². The molecule has 0 saturated carbocycles. The van der Waals surface area contributed by atoms with Gasteiger partial charge in [0, 0.05) is 18.5 Å². The van der Waals surface area contributed by atoms with Gasteiger partial charge in [-0.3, -0.25) is 19.9 Å². The van der Waals surface area contributed by atoms with Crippen LogP contribution >= 0.6 is 24.0 Å². The average molecular weight is 410 g/mol. The van der Waals surface area contributed by atoms with Crippen LogP contribution in [0, 0.1) is 5.82 Å². The van der Waals surface area contributed by atoms with Crippen LogP contribution in [0.3, 0.4) is 0 Å². The first-order valence-corrected chi connectivity index (χ1v) is 10.0. The first kappa shape index (κ1) is 19.9. The lowest BCUT2D eigenvalue weighted by molar-refractivity contribution is -0.884. The quantitative estimate of drug-likeness (QED) is 0.541. The SMILES string of the molecule is C[NH+]1CCN(NC(=O)CCN2C(=O)/C(=C\c3ccccc3F)SC2=S)CC1. The lowest BCUT2D eigenvalue weighted by Gasteiger charge is -2.30. The number of quaternary nitrogens is 1. The van der Waals surface area contributed by atoms with Crippen molar-refractivity contribution >= 4 is 46.2 Å². The maximum atomic E-state index is 13.8. The maximum Gasteiger partial charge on any atom is 0.266 e. The van der Waals surface area contributed by atoms with Crippen molar-refractivity contribution in [3.63, 3.8) is 0 Å². The Morgan fingerprint density at radius 2 is 2.07 bits per heavy atom. The highest BCUT2D eigenvalue weighted by Gasteiger charge is 2.32. The van der Waals surface area contributed by atoms with Gasteiger partial charge in [-0.15, -0.1) is 0 Å². The Hall–Kier alpha value is -1.81. The number of piperazine rings is 1. The first-order chi connectivity index (χ1) is 12.9. The third kappa shape index (κ3) is 5.13. The van der Waals surface area contributed by atoms with E-state index in [1.165, 1.54) is 21.9 Å². The number of benzene rings is 1. The lowest BCUT2D eigenvalue weighted by atomic mass is 10.2. The van der Waals surface area contributed by atoms with E-state index in [0.717, 1.165) is 37.9 Å². The Morgan fingerprint density at radius 1 is 1.37 bits per heavy atom. The fourth-order valence-electron chi connectivity index (χ4n) is 2.87. The van der Waals surface area contributed by atoms with Gasteiger partial charge in [-0.05, 0) is 12.1 Å². The Morgan fingerprint density at radius 3 is 2.78 bits per heavy atom. The molecule has 2 amide bonds. The molecule has 2 aliphatic rings. The standard InChI is InChI=1S/C18H21FN4O2S2/c1-21-8-10-22(11-9-21)20-16(24)6-7-23-17(25)15(27-18(23)26)12-13-4-2-3-5-14(13)19/h2-5,12H,6-11H2,1H3,(H,20,24)/p+1/b15-12+. The van der Waals surface area contributed by atoms with E-state index in [1.807, 2.05) is 5.01 Å². The second-order valence-corrected chi connectivity index (χ2v) is 8.26. The van der Waals surface area contributed by atoms with Gasteiger partial charge in [0.2, 0.25) is 5.91 Å². The summed E-state index contributed by atoms with van der Waals surface area (Å²) in [5, 5.41) is 1.91. The summed E-state index contributed by atoms with van der Waals surface area (Å²) in [4.78, 5) is 27.9. The topological polar surface area (TPSA) is 57.1 Å². The number of thiocarbonyl (C=S) groups is 1. The molecular formula is C18H22FN4O2S2+. The molecule has 0 atom stereocenters. The number of likely N-dealkylation sites (N-methyl/N-ethyl adjacent to an activating group) is 1. The van der Waals surface area contributed by atoms with E-state index in [9.17, 15) is 14.0 Å². The number of nitrogens with one attached hydrogen (secondary N) is 2. The molecule has 9 heteroatoms. The van der Waals surface area contributed by atoms with E-state index in [0.29, 0.717) is 14.8 Å². The highest BCUT2D eigenvalue weighted by molar-refractivity contribution is 8.26. The monoisotopic (exact) mass is 409 g/mol. The summed E-state index contributed by atoms with van der Waals surface area (Å²) >= 11 is 6.39. The van der Waals surface area contributed by atoms with E-state index in [-0.39, 0.29) is 24.8 Å². The van der Waals surface area contributed by atoms with Gasteiger partial charge < -0.3 is 4.90 Å². The van der Waals surface area contributed by atoms with Crippen molar-refractivity contribution in [1.82, 2.24) is 15.3 Å². The number of hydrogen-bond acceptors (Lipinski definition) is 5. The van der Waals surface area contributed by atoms with Crippen LogP contribution < -0.4 is 10.3 Å². The van der Waals surface area contributed by atoms with Crippen molar-refractivity contribution in [2.45, 2.75) is 6.42 Å². The highest BCUT2D eigenvalue weighted by Crippen LogP contribution is 2.32. The van der Waals surface area contributed by atoms with Crippen LogP contribution in [0.2, 0.25) is 0 Å². The van der Waals surface area contributed by atoms with E-state index in [2.05, 4.69) is 12.5 Å². The van der Waals surface area contributed by atoms with Gasteiger partial charge in [0.15, 0.2) is 0 Å². The number of rotatable bonds is 5. The molecule has 2 N–H and O–H groups in total. The lowest BCUT2D eigenvalue weighted by Crippen LogP contribution is -3.12. The Bertz CT molecular complexity index is 778. The number of carbonyl (C=O) groups is 2. The molecule has 27 heavy (non-hydrogen) atoms. The van der Waals surface area contributed by atoms with Crippen LogP contribution in [0.1, 0.15) is 12.0 Å². The van der Waals surface area contributed by atoms with Crippen molar-refractivity contribution in [2.75, 3.05) is 39.8 Å². The molecule has 3 rings (SSSR count). The third-order valence-electron chi connectivity index (χ3n) is 4.53. The second-order valence-electron chi connectivity index (χ2n) is 6.58. The predicted molar refractivity (Wildman–Crippen MR) is 107 cm³/mol. The van der Waals surface area contributed by atoms with E-state index in [1.54, 1.807) is 18.2 Å². The molecule has 2 heterocycles. The minimum atomic E-state index is -0.392. The zero-order chi connectivity index (χ0) is 19.4. The molecular weight excluding hydrogens is 387 g/mol. The molecule has 1 aromatic carbocycles. The number of hydrazine groups is 1. The van der Waals surface area contributed by atoms with Crippen molar-refractivity contribution in [3.05, 3.63) is 40.6 Å². The molecule has 2 saturated heterocycles. The first-order valence-electron chi connectivity index (χ1n) is 8.79. The largest absolute Gasteiger partial charge is 0.335 e. The van der Waals surface area contributed by atoms with Crippen molar-refractivity contribution in [2.24, 2.45) is 0 Å². The smallest absolute Gasteiger partial charge is 0.266 e. The van der Waals surface area contributed by atoms with Gasteiger partial charge in [-0.1, -0.05) is 42.2 Å². The van der Waals surface area contributed by atoms with Crippen LogP contribution in [0.25, 0.3) is 6.08 Å². The molecule has 1 aromatic rings. The zero-order valence-corrected chi connectivity index (χ0v) is 16.7. The molecule has 0 bridgehead atoms.